The summed E-state index contributed by atoms with van der Waals surface area (Å²) in [5, 5.41) is 0. The number of hydrogen-bond acceptors (Lipinski definition) is 3. The van der Waals surface area contributed by atoms with Crippen molar-refractivity contribution in [2.75, 3.05) is 6.54 Å². The second-order valence-corrected chi connectivity index (χ2v) is 5.58. The molecule has 0 spiro atoms. The van der Waals surface area contributed by atoms with Crippen molar-refractivity contribution >= 4 is 34.2 Å². The molecule has 1 aromatic carbocycles. The van der Waals surface area contributed by atoms with Crippen LogP contribution in [0.3, 0.4) is 0 Å². The Morgan fingerprint density at radius 2 is 2.06 bits per heavy atom. The van der Waals surface area contributed by atoms with Crippen LogP contribution in [-0.2, 0) is 4.79 Å². The monoisotopic (exact) mass is 355 g/mol. The number of allylic oxidation sites excluding steroid dienone is 1. The summed E-state index contributed by atoms with van der Waals surface area (Å²) in [7, 11) is 0. The molecular formula is C14H14INO2. The van der Waals surface area contributed by atoms with Crippen LogP contribution in [0.5, 0.6) is 0 Å². The lowest BCUT2D eigenvalue weighted by atomic mass is 10.1. The minimum atomic E-state index is 0.0808. The van der Waals surface area contributed by atoms with E-state index in [-0.39, 0.29) is 17.6 Å². The lowest BCUT2D eigenvalue weighted by Crippen LogP contribution is -2.38. The van der Waals surface area contributed by atoms with Gasteiger partial charge in [-0.25, -0.2) is 0 Å². The minimum Gasteiger partial charge on any atom is -0.366 e. The third-order valence-corrected chi connectivity index (χ3v) is 3.89. The van der Waals surface area contributed by atoms with E-state index in [9.17, 15) is 9.59 Å². The van der Waals surface area contributed by atoms with Crippen molar-refractivity contribution in [3.8, 4) is 0 Å². The van der Waals surface area contributed by atoms with Crippen LogP contribution in [0.2, 0.25) is 0 Å². The lowest BCUT2D eigenvalue weighted by Gasteiger charge is -2.30. The van der Waals surface area contributed by atoms with Crippen LogP contribution in [0.4, 0.5) is 0 Å². The number of carbonyl (C=O) groups is 2. The molecule has 94 valence electrons. The third kappa shape index (κ3) is 2.98. The van der Waals surface area contributed by atoms with Crippen LogP contribution in [0.25, 0.3) is 0 Å². The maximum atomic E-state index is 12.1. The molecule has 1 aliphatic rings. The van der Waals surface area contributed by atoms with E-state index in [1.165, 1.54) is 0 Å². The summed E-state index contributed by atoms with van der Waals surface area (Å²) >= 11 is 2.03. The van der Waals surface area contributed by atoms with E-state index in [4.69, 9.17) is 0 Å². The fourth-order valence-electron chi connectivity index (χ4n) is 1.91. The van der Waals surface area contributed by atoms with Gasteiger partial charge in [-0.2, -0.15) is 0 Å². The number of carbonyl (C=O) groups excluding carboxylic acids is 2. The summed E-state index contributed by atoms with van der Waals surface area (Å²) in [5.41, 5.74) is 0.713. The molecule has 18 heavy (non-hydrogen) atoms. The van der Waals surface area contributed by atoms with Gasteiger partial charge in [-0.15, -0.1) is 0 Å². The molecule has 0 radical (unpaired) electrons. The average Bonchev–Trinajstić information content (AvgIpc) is 2.37. The summed E-state index contributed by atoms with van der Waals surface area (Å²) in [6.07, 6.45) is 2.27. The van der Waals surface area contributed by atoms with Gasteiger partial charge in [0.2, 0.25) is 0 Å². The third-order valence-electron chi connectivity index (χ3n) is 3.01. The van der Waals surface area contributed by atoms with Gasteiger partial charge in [-0.05, 0) is 29.5 Å². The fourth-order valence-corrected chi connectivity index (χ4v) is 2.49. The lowest BCUT2D eigenvalue weighted by molar-refractivity contribution is -0.116. The van der Waals surface area contributed by atoms with Gasteiger partial charge in [0.15, 0.2) is 11.6 Å². The van der Waals surface area contributed by atoms with E-state index in [0.29, 0.717) is 22.1 Å². The van der Waals surface area contributed by atoms with Gasteiger partial charge >= 0.3 is 0 Å². The predicted octanol–water partition coefficient (Wildman–Crippen LogP) is 2.81. The predicted molar refractivity (Wildman–Crippen MR) is 78.7 cm³/mol. The van der Waals surface area contributed by atoms with Gasteiger partial charge in [-0.3, -0.25) is 9.59 Å². The van der Waals surface area contributed by atoms with Crippen LogP contribution in [0, 0.1) is 0 Å². The van der Waals surface area contributed by atoms with Crippen LogP contribution < -0.4 is 0 Å². The molecule has 0 saturated heterocycles. The highest BCUT2D eigenvalue weighted by atomic mass is 127. The van der Waals surface area contributed by atoms with Gasteiger partial charge in [-0.1, -0.05) is 30.3 Å². The molecule has 3 nitrogen and oxygen atoms in total. The molecule has 1 aliphatic heterocycles. The molecule has 1 heterocycles. The van der Waals surface area contributed by atoms with Gasteiger partial charge in [0.25, 0.3) is 0 Å². The molecule has 1 atom stereocenters. The number of ketones is 2. The normalized spacial score (nSPS) is 19.7. The summed E-state index contributed by atoms with van der Waals surface area (Å²) in [4.78, 5) is 25.5. The number of halogens is 1. The SMILES string of the molecule is CC1CC(=O)C(I)=CN1CC(=O)c1ccccc1. The molecule has 0 aromatic heterocycles. The maximum absolute atomic E-state index is 12.1. The molecule has 0 bridgehead atoms. The van der Waals surface area contributed by atoms with E-state index < -0.39 is 0 Å². The Labute approximate surface area is 120 Å². The Balaban J connectivity index is 2.10. The Bertz CT molecular complexity index is 496. The standard InChI is InChI=1S/C14H14INO2/c1-10-7-13(17)12(15)8-16(10)9-14(18)11-5-3-2-4-6-11/h2-6,8,10H,7,9H2,1H3. The second kappa shape index (κ2) is 5.65. The molecule has 0 amide bonds. The summed E-state index contributed by atoms with van der Waals surface area (Å²) in [5.74, 6) is 0.240. The van der Waals surface area contributed by atoms with E-state index >= 15 is 0 Å². The van der Waals surface area contributed by atoms with Crippen molar-refractivity contribution in [3.05, 3.63) is 45.7 Å². The number of nitrogens with zero attached hydrogens (tertiary/aromatic N) is 1. The topological polar surface area (TPSA) is 37.4 Å². The van der Waals surface area contributed by atoms with Crippen LogP contribution in [-0.4, -0.2) is 29.1 Å². The van der Waals surface area contributed by atoms with Gasteiger partial charge in [0.1, 0.15) is 0 Å². The second-order valence-electron chi connectivity index (χ2n) is 4.41. The fraction of sp³-hybridized carbons (Fsp3) is 0.286. The Hall–Kier alpha value is -1.17. The summed E-state index contributed by atoms with van der Waals surface area (Å²) < 4.78 is 0.701. The molecular weight excluding hydrogens is 341 g/mol. The smallest absolute Gasteiger partial charge is 0.182 e. The Kier molecular flexibility index (Phi) is 4.16. The summed E-state index contributed by atoms with van der Waals surface area (Å²) in [6, 6.07) is 9.32. The summed E-state index contributed by atoms with van der Waals surface area (Å²) in [6.45, 7) is 2.29. The first-order valence-electron chi connectivity index (χ1n) is 5.82. The molecule has 2 rings (SSSR count). The van der Waals surface area contributed by atoms with Crippen molar-refractivity contribution in [1.29, 1.82) is 0 Å². The number of Topliss-reactive ketones (excluding diaryl/α,β-unsaturated/α-hetero) is 2. The molecule has 1 aromatic rings. The molecule has 0 saturated carbocycles. The average molecular weight is 355 g/mol. The van der Waals surface area contributed by atoms with Crippen molar-refractivity contribution < 1.29 is 9.59 Å². The van der Waals surface area contributed by atoms with E-state index in [2.05, 4.69) is 0 Å². The highest BCUT2D eigenvalue weighted by molar-refractivity contribution is 14.1. The highest BCUT2D eigenvalue weighted by Gasteiger charge is 2.24. The highest BCUT2D eigenvalue weighted by Crippen LogP contribution is 2.22. The Morgan fingerprint density at radius 3 is 2.72 bits per heavy atom. The van der Waals surface area contributed by atoms with Gasteiger partial charge < -0.3 is 4.90 Å². The van der Waals surface area contributed by atoms with Crippen molar-refractivity contribution in [3.63, 3.8) is 0 Å². The van der Waals surface area contributed by atoms with E-state index in [0.717, 1.165) is 0 Å². The number of rotatable bonds is 3. The largest absolute Gasteiger partial charge is 0.366 e. The first-order chi connectivity index (χ1) is 8.58. The quantitative estimate of drug-likeness (QED) is 0.618. The maximum Gasteiger partial charge on any atom is 0.182 e. The van der Waals surface area contributed by atoms with Gasteiger partial charge in [0, 0.05) is 24.2 Å². The zero-order valence-electron chi connectivity index (χ0n) is 10.1. The van der Waals surface area contributed by atoms with E-state index in [1.54, 1.807) is 6.20 Å². The van der Waals surface area contributed by atoms with Crippen molar-refractivity contribution in [2.24, 2.45) is 0 Å². The van der Waals surface area contributed by atoms with Crippen LogP contribution in [0.15, 0.2) is 40.1 Å². The van der Waals surface area contributed by atoms with Crippen LogP contribution >= 0.6 is 22.6 Å². The number of benzene rings is 1. The molecule has 0 N–H and O–H groups in total. The number of hydrogen-bond donors (Lipinski definition) is 0. The van der Waals surface area contributed by atoms with Crippen LogP contribution in [0.1, 0.15) is 23.7 Å². The van der Waals surface area contributed by atoms with Gasteiger partial charge in [0.05, 0.1) is 10.1 Å². The Morgan fingerprint density at radius 1 is 1.39 bits per heavy atom. The van der Waals surface area contributed by atoms with Crippen molar-refractivity contribution in [2.45, 2.75) is 19.4 Å². The molecule has 1 unspecified atom stereocenters. The molecule has 0 aliphatic carbocycles. The first-order valence-corrected chi connectivity index (χ1v) is 6.90. The zero-order valence-corrected chi connectivity index (χ0v) is 12.3. The first kappa shape index (κ1) is 13.3. The molecule has 0 fully saturated rings. The minimum absolute atomic E-state index is 0.0808. The van der Waals surface area contributed by atoms with E-state index in [1.807, 2.05) is 64.7 Å². The zero-order chi connectivity index (χ0) is 13.1. The molecule has 4 heteroatoms. The van der Waals surface area contributed by atoms with Crippen molar-refractivity contribution in [1.82, 2.24) is 4.90 Å².